The van der Waals surface area contributed by atoms with E-state index < -0.39 is 5.97 Å². The number of hydrogen-bond acceptors (Lipinski definition) is 2. The molecule has 0 bridgehead atoms. The summed E-state index contributed by atoms with van der Waals surface area (Å²) in [7, 11) is 2.29. The van der Waals surface area contributed by atoms with Crippen LogP contribution in [0.15, 0.2) is 12.2 Å². The second-order valence-electron chi connectivity index (χ2n) is 3.64. The Morgan fingerprint density at radius 3 is 1.43 bits per heavy atom. The van der Waals surface area contributed by atoms with Crippen LogP contribution in [0.4, 0.5) is 0 Å². The van der Waals surface area contributed by atoms with Crippen molar-refractivity contribution in [2.75, 3.05) is 26.7 Å². The van der Waals surface area contributed by atoms with Gasteiger partial charge in [-0.05, 0) is 33.3 Å². The van der Waals surface area contributed by atoms with E-state index in [0.29, 0.717) is 0 Å². The number of carbonyl (C=O) groups excluding carboxylic acids is 1. The van der Waals surface area contributed by atoms with Gasteiger partial charge in [0, 0.05) is 0 Å². The fourth-order valence-electron chi connectivity index (χ4n) is 0.671. The van der Waals surface area contributed by atoms with Crippen LogP contribution in [-0.4, -0.2) is 37.1 Å². The lowest BCUT2D eigenvalue weighted by atomic mass is 10.4. The Bertz CT molecular complexity index is 163. The first-order valence-electron chi connectivity index (χ1n) is 5.03. The monoisotopic (exact) mass is 201 g/mol. The first-order chi connectivity index (χ1) is 6.32. The highest BCUT2D eigenvalue weighted by molar-refractivity contribution is 5.82. The predicted octanol–water partition coefficient (Wildman–Crippen LogP) is 0.805. The van der Waals surface area contributed by atoms with Gasteiger partial charge in [0.1, 0.15) is 0 Å². The SMILES string of the molecule is C=C(C)C(=O)[O-].CC[N+](C)(CC)CC. The minimum atomic E-state index is -1.19. The maximum atomic E-state index is 9.49. The second-order valence-corrected chi connectivity index (χ2v) is 3.64. The zero-order valence-corrected chi connectivity index (χ0v) is 10.1. The molecular weight excluding hydrogens is 178 g/mol. The molecule has 0 aliphatic rings. The molecule has 0 rings (SSSR count). The van der Waals surface area contributed by atoms with Crippen molar-refractivity contribution >= 4 is 5.97 Å². The van der Waals surface area contributed by atoms with Gasteiger partial charge in [0.25, 0.3) is 0 Å². The second kappa shape index (κ2) is 7.56. The van der Waals surface area contributed by atoms with E-state index in [0.717, 1.165) is 0 Å². The summed E-state index contributed by atoms with van der Waals surface area (Å²) in [4.78, 5) is 9.49. The lowest BCUT2D eigenvalue weighted by Crippen LogP contribution is -2.42. The Labute approximate surface area is 87.6 Å². The van der Waals surface area contributed by atoms with Gasteiger partial charge in [-0.1, -0.05) is 6.58 Å². The number of nitrogens with zero attached hydrogens (tertiary/aromatic N) is 1. The number of quaternary nitrogens is 1. The fourth-order valence-corrected chi connectivity index (χ4v) is 0.671. The van der Waals surface area contributed by atoms with Crippen molar-refractivity contribution in [3.05, 3.63) is 12.2 Å². The topological polar surface area (TPSA) is 40.1 Å². The van der Waals surface area contributed by atoms with E-state index in [4.69, 9.17) is 0 Å². The number of carboxylic acid groups (broad SMARTS) is 1. The molecule has 0 aromatic carbocycles. The normalized spacial score (nSPS) is 10.1. The third-order valence-electron chi connectivity index (χ3n) is 2.64. The van der Waals surface area contributed by atoms with Gasteiger partial charge in [0.2, 0.25) is 0 Å². The molecule has 0 radical (unpaired) electrons. The van der Waals surface area contributed by atoms with Gasteiger partial charge in [-0.3, -0.25) is 0 Å². The van der Waals surface area contributed by atoms with E-state index in [2.05, 4.69) is 34.4 Å². The third-order valence-corrected chi connectivity index (χ3v) is 2.64. The minimum absolute atomic E-state index is 0.0648. The van der Waals surface area contributed by atoms with Gasteiger partial charge in [0.15, 0.2) is 0 Å². The molecule has 0 heterocycles. The molecule has 0 N–H and O–H groups in total. The van der Waals surface area contributed by atoms with Gasteiger partial charge >= 0.3 is 0 Å². The van der Waals surface area contributed by atoms with Gasteiger partial charge < -0.3 is 14.4 Å². The number of rotatable bonds is 4. The summed E-state index contributed by atoms with van der Waals surface area (Å²) in [6, 6.07) is 0. The Hall–Kier alpha value is -0.830. The molecule has 0 aromatic heterocycles. The summed E-state index contributed by atoms with van der Waals surface area (Å²) in [6.07, 6.45) is 0. The zero-order valence-electron chi connectivity index (χ0n) is 10.1. The van der Waals surface area contributed by atoms with E-state index >= 15 is 0 Å². The third kappa shape index (κ3) is 7.80. The van der Waals surface area contributed by atoms with E-state index in [1.54, 1.807) is 0 Å². The van der Waals surface area contributed by atoms with E-state index in [1.165, 1.54) is 31.0 Å². The van der Waals surface area contributed by atoms with Crippen molar-refractivity contribution in [1.82, 2.24) is 0 Å². The van der Waals surface area contributed by atoms with Crippen LogP contribution < -0.4 is 5.11 Å². The van der Waals surface area contributed by atoms with Crippen LogP contribution >= 0.6 is 0 Å². The quantitative estimate of drug-likeness (QED) is 0.499. The summed E-state index contributed by atoms with van der Waals surface area (Å²) in [5.74, 6) is -1.19. The van der Waals surface area contributed by atoms with Gasteiger partial charge in [-0.15, -0.1) is 0 Å². The highest BCUT2D eigenvalue weighted by atomic mass is 16.4. The van der Waals surface area contributed by atoms with Crippen LogP contribution in [0.3, 0.4) is 0 Å². The van der Waals surface area contributed by atoms with E-state index in [9.17, 15) is 9.90 Å². The highest BCUT2D eigenvalue weighted by Gasteiger charge is 2.10. The molecule has 3 heteroatoms. The van der Waals surface area contributed by atoms with Gasteiger partial charge in [0.05, 0.1) is 32.7 Å². The molecule has 0 atom stereocenters. The Balaban J connectivity index is 0. The molecule has 0 saturated carbocycles. The van der Waals surface area contributed by atoms with Crippen LogP contribution in [-0.2, 0) is 4.79 Å². The zero-order chi connectivity index (χ0) is 11.8. The molecule has 0 amide bonds. The molecule has 0 aromatic rings. The molecule has 0 unspecified atom stereocenters. The molecule has 3 nitrogen and oxygen atoms in total. The Morgan fingerprint density at radius 2 is 1.43 bits per heavy atom. The number of hydrogen-bond donors (Lipinski definition) is 0. The smallest absolute Gasteiger partial charge is 0.0755 e. The Morgan fingerprint density at radius 1 is 1.21 bits per heavy atom. The van der Waals surface area contributed by atoms with Crippen molar-refractivity contribution < 1.29 is 14.4 Å². The molecule has 14 heavy (non-hydrogen) atoms. The maximum absolute atomic E-state index is 9.49. The minimum Gasteiger partial charge on any atom is -0.545 e. The first kappa shape index (κ1) is 15.6. The summed E-state index contributed by atoms with van der Waals surface area (Å²) in [5, 5.41) is 9.49. The lowest BCUT2D eigenvalue weighted by Gasteiger charge is -2.30. The summed E-state index contributed by atoms with van der Waals surface area (Å²) in [5.41, 5.74) is 0.0648. The van der Waals surface area contributed by atoms with Crippen molar-refractivity contribution in [1.29, 1.82) is 0 Å². The standard InChI is InChI=1S/C7H18N.C4H6O2/c1-5-8(4,6-2)7-3;1-3(2)4(5)6/h5-7H2,1-4H3;1H2,2H3,(H,5,6)/q+1;/p-1. The van der Waals surface area contributed by atoms with Crippen molar-refractivity contribution in [3.8, 4) is 0 Å². The van der Waals surface area contributed by atoms with Gasteiger partial charge in [-0.2, -0.15) is 0 Å². The molecule has 0 spiro atoms. The number of aliphatic carboxylic acids is 1. The predicted molar refractivity (Wildman–Crippen MR) is 57.6 cm³/mol. The van der Waals surface area contributed by atoms with Crippen LogP contribution in [0, 0.1) is 0 Å². The fraction of sp³-hybridized carbons (Fsp3) is 0.727. The van der Waals surface area contributed by atoms with Crippen molar-refractivity contribution in [2.24, 2.45) is 0 Å². The molecule has 84 valence electrons. The highest BCUT2D eigenvalue weighted by Crippen LogP contribution is 1.97. The molecule has 0 aliphatic carbocycles. The van der Waals surface area contributed by atoms with Gasteiger partial charge in [-0.25, -0.2) is 0 Å². The van der Waals surface area contributed by atoms with Crippen LogP contribution in [0.5, 0.6) is 0 Å². The molecular formula is C11H23NO2. The maximum Gasteiger partial charge on any atom is 0.0755 e. The van der Waals surface area contributed by atoms with E-state index in [-0.39, 0.29) is 5.57 Å². The summed E-state index contributed by atoms with van der Waals surface area (Å²) < 4.78 is 1.21. The van der Waals surface area contributed by atoms with E-state index in [1.807, 2.05) is 0 Å². The lowest BCUT2D eigenvalue weighted by molar-refractivity contribution is -0.904. The number of carboxylic acids is 1. The number of carbonyl (C=O) groups is 1. The summed E-state index contributed by atoms with van der Waals surface area (Å²) >= 11 is 0. The van der Waals surface area contributed by atoms with Crippen LogP contribution in [0.25, 0.3) is 0 Å². The molecule has 0 saturated heterocycles. The summed E-state index contributed by atoms with van der Waals surface area (Å²) in [6.45, 7) is 15.0. The van der Waals surface area contributed by atoms with Crippen LogP contribution in [0.1, 0.15) is 27.7 Å². The van der Waals surface area contributed by atoms with Crippen molar-refractivity contribution in [2.45, 2.75) is 27.7 Å². The van der Waals surface area contributed by atoms with Crippen molar-refractivity contribution in [3.63, 3.8) is 0 Å². The Kier molecular flexibility index (Phi) is 8.44. The average Bonchev–Trinajstić information content (AvgIpc) is 2.17. The van der Waals surface area contributed by atoms with Crippen LogP contribution in [0.2, 0.25) is 0 Å². The largest absolute Gasteiger partial charge is 0.545 e. The molecule has 0 aliphatic heterocycles. The first-order valence-corrected chi connectivity index (χ1v) is 5.03. The average molecular weight is 201 g/mol. The molecule has 0 fully saturated rings.